The number of para-hydroxylation sites is 1. The number of amides is 1. The Bertz CT molecular complexity index is 855. The van der Waals surface area contributed by atoms with Crippen LogP contribution < -0.4 is 0 Å². The summed E-state index contributed by atoms with van der Waals surface area (Å²) in [5.74, 6) is 0.186. The van der Waals surface area contributed by atoms with E-state index < -0.39 is 0 Å². The van der Waals surface area contributed by atoms with E-state index in [9.17, 15) is 4.79 Å². The normalized spacial score (nSPS) is 10.8. The molecule has 1 amide bonds. The van der Waals surface area contributed by atoms with Gasteiger partial charge in [0, 0.05) is 24.0 Å². The number of aromatic nitrogens is 2. The molecule has 1 aromatic heterocycles. The Morgan fingerprint density at radius 2 is 1.52 bits per heavy atom. The number of hydrogen-bond donors (Lipinski definition) is 0. The molecule has 2 aromatic carbocycles. The predicted octanol–water partition coefficient (Wildman–Crippen LogP) is 4.56. The van der Waals surface area contributed by atoms with Crippen LogP contribution in [0.4, 0.5) is 0 Å². The summed E-state index contributed by atoms with van der Waals surface area (Å²) < 4.78 is 0. The van der Waals surface area contributed by atoms with Gasteiger partial charge in [-0.1, -0.05) is 62.4 Å². The molecule has 1 heterocycles. The van der Waals surface area contributed by atoms with Crippen molar-refractivity contribution < 1.29 is 4.79 Å². The largest absolute Gasteiger partial charge is 0.336 e. The van der Waals surface area contributed by atoms with Crippen LogP contribution in [-0.2, 0) is 0 Å². The van der Waals surface area contributed by atoms with Gasteiger partial charge < -0.3 is 4.90 Å². The number of nitrogens with zero attached hydrogens (tertiary/aromatic N) is 3. The van der Waals surface area contributed by atoms with Gasteiger partial charge >= 0.3 is 0 Å². The maximum absolute atomic E-state index is 13.0. The van der Waals surface area contributed by atoms with Crippen molar-refractivity contribution in [1.82, 2.24) is 14.9 Å². The molecule has 0 aliphatic rings. The van der Waals surface area contributed by atoms with Gasteiger partial charge in [-0.05, 0) is 18.9 Å². The van der Waals surface area contributed by atoms with Crippen molar-refractivity contribution in [3.05, 3.63) is 60.4 Å². The molecule has 0 aliphatic carbocycles. The molecule has 25 heavy (non-hydrogen) atoms. The van der Waals surface area contributed by atoms with Crippen LogP contribution in [0.25, 0.3) is 22.2 Å². The molecule has 0 N–H and O–H groups in total. The number of hydrogen-bond acceptors (Lipinski definition) is 3. The van der Waals surface area contributed by atoms with E-state index in [0.717, 1.165) is 48.1 Å². The summed E-state index contributed by atoms with van der Waals surface area (Å²) in [5.41, 5.74) is 2.60. The van der Waals surface area contributed by atoms with Crippen LogP contribution in [0.2, 0.25) is 0 Å². The minimum atomic E-state index is -0.0911. The lowest BCUT2D eigenvalue weighted by molar-refractivity contribution is 0.0744. The first kappa shape index (κ1) is 17.1. The Labute approximate surface area is 148 Å². The third-order valence-corrected chi connectivity index (χ3v) is 4.12. The van der Waals surface area contributed by atoms with E-state index in [1.165, 1.54) is 0 Å². The van der Waals surface area contributed by atoms with Gasteiger partial charge in [-0.2, -0.15) is 0 Å². The van der Waals surface area contributed by atoms with Gasteiger partial charge in [0.1, 0.15) is 0 Å². The monoisotopic (exact) mass is 333 g/mol. The highest BCUT2D eigenvalue weighted by Crippen LogP contribution is 2.26. The van der Waals surface area contributed by atoms with Crippen LogP contribution in [-0.4, -0.2) is 33.9 Å². The fourth-order valence-corrected chi connectivity index (χ4v) is 2.98. The quantitative estimate of drug-likeness (QED) is 0.664. The zero-order valence-electron chi connectivity index (χ0n) is 14.8. The second-order valence-corrected chi connectivity index (χ2v) is 6.07. The Hall–Kier alpha value is -2.75. The summed E-state index contributed by atoms with van der Waals surface area (Å²) >= 11 is 0. The first-order valence-corrected chi connectivity index (χ1v) is 8.86. The topological polar surface area (TPSA) is 46.1 Å². The number of carbonyl (C=O) groups is 1. The summed E-state index contributed by atoms with van der Waals surface area (Å²) in [6.45, 7) is 5.60. The maximum atomic E-state index is 13.0. The Kier molecular flexibility index (Phi) is 5.39. The molecule has 0 bridgehead atoms. The van der Waals surface area contributed by atoms with Crippen molar-refractivity contribution in [3.63, 3.8) is 0 Å². The molecule has 0 aliphatic heterocycles. The van der Waals surface area contributed by atoms with Crippen LogP contribution in [0.5, 0.6) is 0 Å². The summed E-state index contributed by atoms with van der Waals surface area (Å²) in [6.07, 6.45) is 1.84. The smallest absolute Gasteiger partial charge is 0.291 e. The van der Waals surface area contributed by atoms with Crippen LogP contribution in [0.3, 0.4) is 0 Å². The molecule has 0 saturated heterocycles. The molecule has 0 atom stereocenters. The lowest BCUT2D eigenvalue weighted by Gasteiger charge is -2.21. The molecular weight excluding hydrogens is 310 g/mol. The lowest BCUT2D eigenvalue weighted by atomic mass is 10.1. The average Bonchev–Trinajstić information content (AvgIpc) is 2.67. The molecule has 0 spiro atoms. The van der Waals surface area contributed by atoms with Crippen molar-refractivity contribution in [2.45, 2.75) is 26.7 Å². The standard InChI is InChI=1S/C21H23N3O/c1-3-14-24(15-4-2)21(25)20-22-18-13-9-8-12-17(18)19(23-20)16-10-6-5-7-11-16/h5-13H,3-4,14-15H2,1-2H3. The highest BCUT2D eigenvalue weighted by Gasteiger charge is 2.20. The molecule has 128 valence electrons. The number of rotatable bonds is 6. The van der Waals surface area contributed by atoms with Crippen molar-refractivity contribution in [1.29, 1.82) is 0 Å². The fourth-order valence-electron chi connectivity index (χ4n) is 2.98. The minimum Gasteiger partial charge on any atom is -0.336 e. The van der Waals surface area contributed by atoms with Crippen molar-refractivity contribution in [2.75, 3.05) is 13.1 Å². The van der Waals surface area contributed by atoms with Gasteiger partial charge in [-0.3, -0.25) is 4.79 Å². The second-order valence-electron chi connectivity index (χ2n) is 6.07. The highest BCUT2D eigenvalue weighted by molar-refractivity contribution is 5.97. The molecule has 3 aromatic rings. The van der Waals surface area contributed by atoms with Crippen LogP contribution in [0, 0.1) is 0 Å². The van der Waals surface area contributed by atoms with Crippen molar-refractivity contribution >= 4 is 16.8 Å². The lowest BCUT2D eigenvalue weighted by Crippen LogP contribution is -2.33. The zero-order chi connectivity index (χ0) is 17.6. The highest BCUT2D eigenvalue weighted by atomic mass is 16.2. The van der Waals surface area contributed by atoms with Gasteiger partial charge in [-0.25, -0.2) is 9.97 Å². The van der Waals surface area contributed by atoms with Gasteiger partial charge in [0.15, 0.2) is 0 Å². The van der Waals surface area contributed by atoms with E-state index in [1.54, 1.807) is 0 Å². The first-order valence-electron chi connectivity index (χ1n) is 8.86. The first-order chi connectivity index (χ1) is 12.2. The van der Waals surface area contributed by atoms with E-state index in [1.807, 2.05) is 59.5 Å². The van der Waals surface area contributed by atoms with Crippen LogP contribution in [0.1, 0.15) is 37.3 Å². The SMILES string of the molecule is CCCN(CCC)C(=O)c1nc(-c2ccccc2)c2ccccc2n1. The minimum absolute atomic E-state index is 0.0911. The van der Waals surface area contributed by atoms with E-state index in [2.05, 4.69) is 23.8 Å². The molecule has 3 rings (SSSR count). The third kappa shape index (κ3) is 3.68. The van der Waals surface area contributed by atoms with E-state index in [0.29, 0.717) is 0 Å². The molecule has 0 radical (unpaired) electrons. The summed E-state index contributed by atoms with van der Waals surface area (Å²) in [5, 5.41) is 0.961. The van der Waals surface area contributed by atoms with Gasteiger partial charge in [0.25, 0.3) is 5.91 Å². The van der Waals surface area contributed by atoms with E-state index in [4.69, 9.17) is 0 Å². The van der Waals surface area contributed by atoms with Crippen LogP contribution >= 0.6 is 0 Å². The van der Waals surface area contributed by atoms with Crippen LogP contribution in [0.15, 0.2) is 54.6 Å². The summed E-state index contributed by atoms with van der Waals surface area (Å²) in [6, 6.07) is 17.8. The van der Waals surface area contributed by atoms with Gasteiger partial charge in [-0.15, -0.1) is 0 Å². The number of fused-ring (bicyclic) bond motifs is 1. The Balaban J connectivity index is 2.12. The molecular formula is C21H23N3O. The van der Waals surface area contributed by atoms with Gasteiger partial charge in [0.05, 0.1) is 11.2 Å². The fraction of sp³-hybridized carbons (Fsp3) is 0.286. The Morgan fingerprint density at radius 1 is 0.880 bits per heavy atom. The number of carbonyl (C=O) groups excluding carboxylic acids is 1. The molecule has 4 heteroatoms. The Morgan fingerprint density at radius 3 is 2.20 bits per heavy atom. The second kappa shape index (κ2) is 7.88. The average molecular weight is 333 g/mol. The van der Waals surface area contributed by atoms with Gasteiger partial charge in [0.2, 0.25) is 5.82 Å². The number of benzene rings is 2. The summed E-state index contributed by atoms with van der Waals surface area (Å²) in [4.78, 5) is 24.0. The van der Waals surface area contributed by atoms with Crippen molar-refractivity contribution in [3.8, 4) is 11.3 Å². The molecule has 4 nitrogen and oxygen atoms in total. The molecule has 0 fully saturated rings. The zero-order valence-corrected chi connectivity index (χ0v) is 14.8. The van der Waals surface area contributed by atoms with Crippen molar-refractivity contribution in [2.24, 2.45) is 0 Å². The van der Waals surface area contributed by atoms with E-state index >= 15 is 0 Å². The maximum Gasteiger partial charge on any atom is 0.291 e. The predicted molar refractivity (Wildman–Crippen MR) is 101 cm³/mol. The molecule has 0 unspecified atom stereocenters. The molecule has 0 saturated carbocycles. The third-order valence-electron chi connectivity index (χ3n) is 4.12. The van der Waals surface area contributed by atoms with E-state index in [-0.39, 0.29) is 11.7 Å². The summed E-state index contributed by atoms with van der Waals surface area (Å²) in [7, 11) is 0.